The number of carbonyl (C=O) groups excluding carboxylic acids is 2. The summed E-state index contributed by atoms with van der Waals surface area (Å²) in [5.74, 6) is 0.745. The number of carbonyl (C=O) groups is 2. The molecule has 1 aromatic carbocycles. The van der Waals surface area contributed by atoms with E-state index in [4.69, 9.17) is 9.26 Å². The SMILES string of the molecule is CCOc1ccc(C(=O)NCCNC(=O)c2cc(C)on2)cc1. The minimum atomic E-state index is -0.336. The van der Waals surface area contributed by atoms with Crippen molar-refractivity contribution in [3.63, 3.8) is 0 Å². The zero-order valence-electron chi connectivity index (χ0n) is 13.1. The molecule has 0 spiro atoms. The Hall–Kier alpha value is -2.83. The summed E-state index contributed by atoms with van der Waals surface area (Å²) >= 11 is 0. The Labute approximate surface area is 134 Å². The van der Waals surface area contributed by atoms with E-state index in [2.05, 4.69) is 15.8 Å². The molecular formula is C16H19N3O4. The van der Waals surface area contributed by atoms with Crippen molar-refractivity contribution >= 4 is 11.8 Å². The van der Waals surface area contributed by atoms with Crippen LogP contribution in [-0.2, 0) is 0 Å². The number of aromatic nitrogens is 1. The number of aryl methyl sites for hydroxylation is 1. The third-order valence-corrected chi connectivity index (χ3v) is 2.98. The molecule has 2 aromatic rings. The van der Waals surface area contributed by atoms with Crippen LogP contribution in [0.2, 0.25) is 0 Å². The highest BCUT2D eigenvalue weighted by molar-refractivity contribution is 5.94. The Morgan fingerprint density at radius 1 is 1.13 bits per heavy atom. The van der Waals surface area contributed by atoms with Gasteiger partial charge in [0, 0.05) is 24.7 Å². The number of ether oxygens (including phenoxy) is 1. The first-order valence-electron chi connectivity index (χ1n) is 7.32. The Morgan fingerprint density at radius 3 is 2.35 bits per heavy atom. The van der Waals surface area contributed by atoms with Crippen LogP contribution < -0.4 is 15.4 Å². The standard InChI is InChI=1S/C16H19N3O4/c1-3-22-13-6-4-12(5-7-13)15(20)17-8-9-18-16(21)14-10-11(2)23-19-14/h4-7,10H,3,8-9H2,1-2H3,(H,17,20)(H,18,21). The topological polar surface area (TPSA) is 93.5 Å². The van der Waals surface area contributed by atoms with Gasteiger partial charge in [-0.1, -0.05) is 5.16 Å². The van der Waals surface area contributed by atoms with E-state index in [9.17, 15) is 9.59 Å². The average molecular weight is 317 g/mol. The summed E-state index contributed by atoms with van der Waals surface area (Å²) in [5.41, 5.74) is 0.757. The first-order valence-corrected chi connectivity index (χ1v) is 7.32. The first-order chi connectivity index (χ1) is 11.1. The van der Waals surface area contributed by atoms with E-state index >= 15 is 0 Å². The van der Waals surface area contributed by atoms with Crippen molar-refractivity contribution in [2.24, 2.45) is 0 Å². The molecule has 0 unspecified atom stereocenters. The van der Waals surface area contributed by atoms with Gasteiger partial charge in [0.15, 0.2) is 5.69 Å². The maximum absolute atomic E-state index is 11.9. The summed E-state index contributed by atoms with van der Waals surface area (Å²) < 4.78 is 10.1. The largest absolute Gasteiger partial charge is 0.494 e. The quantitative estimate of drug-likeness (QED) is 0.756. The van der Waals surface area contributed by atoms with Crippen LogP contribution in [0.5, 0.6) is 5.75 Å². The summed E-state index contributed by atoms with van der Waals surface area (Å²) in [5, 5.41) is 8.99. The average Bonchev–Trinajstić information content (AvgIpc) is 2.99. The number of hydrogen-bond acceptors (Lipinski definition) is 5. The van der Waals surface area contributed by atoms with E-state index in [0.717, 1.165) is 5.75 Å². The van der Waals surface area contributed by atoms with Crippen molar-refractivity contribution in [2.45, 2.75) is 13.8 Å². The maximum atomic E-state index is 11.9. The normalized spacial score (nSPS) is 10.2. The van der Waals surface area contributed by atoms with Crippen LogP contribution in [0.25, 0.3) is 0 Å². The lowest BCUT2D eigenvalue weighted by molar-refractivity contribution is 0.0922. The number of nitrogens with one attached hydrogen (secondary N) is 2. The molecule has 0 aliphatic carbocycles. The third-order valence-electron chi connectivity index (χ3n) is 2.98. The van der Waals surface area contributed by atoms with Gasteiger partial charge in [-0.05, 0) is 38.1 Å². The highest BCUT2D eigenvalue weighted by Crippen LogP contribution is 2.11. The lowest BCUT2D eigenvalue weighted by atomic mass is 10.2. The summed E-state index contributed by atoms with van der Waals surface area (Å²) in [6, 6.07) is 8.42. The minimum Gasteiger partial charge on any atom is -0.494 e. The van der Waals surface area contributed by atoms with Gasteiger partial charge in [-0.2, -0.15) is 0 Å². The molecule has 23 heavy (non-hydrogen) atoms. The molecule has 0 radical (unpaired) electrons. The maximum Gasteiger partial charge on any atom is 0.273 e. The van der Waals surface area contributed by atoms with Crippen LogP contribution in [0.3, 0.4) is 0 Å². The molecule has 2 amide bonds. The fraction of sp³-hybridized carbons (Fsp3) is 0.312. The van der Waals surface area contributed by atoms with Gasteiger partial charge in [-0.25, -0.2) is 0 Å². The highest BCUT2D eigenvalue weighted by Gasteiger charge is 2.10. The van der Waals surface area contributed by atoms with E-state index in [1.54, 1.807) is 37.3 Å². The summed E-state index contributed by atoms with van der Waals surface area (Å²) in [7, 11) is 0. The van der Waals surface area contributed by atoms with E-state index in [1.165, 1.54) is 0 Å². The number of benzene rings is 1. The number of hydrogen-bond donors (Lipinski definition) is 2. The Balaban J connectivity index is 1.73. The van der Waals surface area contributed by atoms with Gasteiger partial charge in [-0.3, -0.25) is 9.59 Å². The molecule has 0 saturated carbocycles. The molecule has 1 heterocycles. The summed E-state index contributed by atoms with van der Waals surface area (Å²) in [6.07, 6.45) is 0. The fourth-order valence-corrected chi connectivity index (χ4v) is 1.89. The highest BCUT2D eigenvalue weighted by atomic mass is 16.5. The Bertz CT molecular complexity index is 664. The molecule has 7 heteroatoms. The second kappa shape index (κ2) is 7.98. The monoisotopic (exact) mass is 317 g/mol. The molecule has 0 atom stereocenters. The fourth-order valence-electron chi connectivity index (χ4n) is 1.89. The van der Waals surface area contributed by atoms with Crippen molar-refractivity contribution in [1.29, 1.82) is 0 Å². The van der Waals surface area contributed by atoms with Gasteiger partial charge in [0.1, 0.15) is 11.5 Å². The second-order valence-corrected chi connectivity index (χ2v) is 4.79. The molecule has 1 aromatic heterocycles. The van der Waals surface area contributed by atoms with Crippen LogP contribution in [0.15, 0.2) is 34.9 Å². The minimum absolute atomic E-state index is 0.209. The second-order valence-electron chi connectivity index (χ2n) is 4.79. The summed E-state index contributed by atoms with van der Waals surface area (Å²) in [6.45, 7) is 4.80. The molecular weight excluding hydrogens is 298 g/mol. The van der Waals surface area contributed by atoms with Crippen molar-refractivity contribution in [2.75, 3.05) is 19.7 Å². The van der Waals surface area contributed by atoms with E-state index in [0.29, 0.717) is 31.0 Å². The van der Waals surface area contributed by atoms with E-state index in [1.807, 2.05) is 6.92 Å². The number of amides is 2. The van der Waals surface area contributed by atoms with Crippen molar-refractivity contribution in [1.82, 2.24) is 15.8 Å². The Kier molecular flexibility index (Phi) is 5.74. The predicted octanol–water partition coefficient (Wildman–Crippen LogP) is 1.54. The number of nitrogens with zero attached hydrogens (tertiary/aromatic N) is 1. The molecule has 0 bridgehead atoms. The molecule has 2 N–H and O–H groups in total. The van der Waals surface area contributed by atoms with Crippen LogP contribution in [0.1, 0.15) is 33.5 Å². The van der Waals surface area contributed by atoms with Crippen molar-refractivity contribution < 1.29 is 18.8 Å². The van der Waals surface area contributed by atoms with Gasteiger partial charge in [0.2, 0.25) is 0 Å². The lowest BCUT2D eigenvalue weighted by Crippen LogP contribution is -2.34. The van der Waals surface area contributed by atoms with Crippen LogP contribution in [0, 0.1) is 6.92 Å². The molecule has 0 fully saturated rings. The van der Waals surface area contributed by atoms with Crippen molar-refractivity contribution in [3.05, 3.63) is 47.3 Å². The predicted molar refractivity (Wildman–Crippen MR) is 83.5 cm³/mol. The molecule has 0 aliphatic rings. The molecule has 0 saturated heterocycles. The molecule has 122 valence electrons. The smallest absolute Gasteiger partial charge is 0.273 e. The zero-order chi connectivity index (χ0) is 16.7. The van der Waals surface area contributed by atoms with Gasteiger partial charge in [-0.15, -0.1) is 0 Å². The van der Waals surface area contributed by atoms with Gasteiger partial charge < -0.3 is 19.9 Å². The van der Waals surface area contributed by atoms with Crippen molar-refractivity contribution in [3.8, 4) is 5.75 Å². The van der Waals surface area contributed by atoms with Gasteiger partial charge in [0.25, 0.3) is 11.8 Å². The first kappa shape index (κ1) is 16.5. The lowest BCUT2D eigenvalue weighted by Gasteiger charge is -2.07. The van der Waals surface area contributed by atoms with E-state index in [-0.39, 0.29) is 17.5 Å². The zero-order valence-corrected chi connectivity index (χ0v) is 13.1. The number of rotatable bonds is 7. The Morgan fingerprint density at radius 2 is 1.78 bits per heavy atom. The van der Waals surface area contributed by atoms with Gasteiger partial charge in [0.05, 0.1) is 6.61 Å². The third kappa shape index (κ3) is 4.84. The summed E-state index contributed by atoms with van der Waals surface area (Å²) in [4.78, 5) is 23.7. The van der Waals surface area contributed by atoms with Gasteiger partial charge >= 0.3 is 0 Å². The van der Waals surface area contributed by atoms with Crippen LogP contribution in [-0.4, -0.2) is 36.7 Å². The molecule has 2 rings (SSSR count). The van der Waals surface area contributed by atoms with Crippen LogP contribution in [0.4, 0.5) is 0 Å². The van der Waals surface area contributed by atoms with E-state index < -0.39 is 0 Å². The molecule has 7 nitrogen and oxygen atoms in total. The molecule has 0 aliphatic heterocycles. The van der Waals surface area contributed by atoms with Crippen LogP contribution >= 0.6 is 0 Å².